The highest BCUT2D eigenvalue weighted by Crippen LogP contribution is 2.36. The van der Waals surface area contributed by atoms with Crippen LogP contribution in [0.2, 0.25) is 0 Å². The number of nitro groups is 1. The molecule has 0 amide bonds. The summed E-state index contributed by atoms with van der Waals surface area (Å²) in [6.45, 7) is 0.840. The van der Waals surface area contributed by atoms with Gasteiger partial charge in [0, 0.05) is 25.2 Å². The third-order valence-electron chi connectivity index (χ3n) is 5.12. The van der Waals surface area contributed by atoms with E-state index < -0.39 is 14.9 Å². The highest BCUT2D eigenvalue weighted by atomic mass is 32.2. The van der Waals surface area contributed by atoms with E-state index in [-0.39, 0.29) is 16.3 Å². The quantitative estimate of drug-likeness (QED) is 0.576. The predicted molar refractivity (Wildman–Crippen MR) is 99.6 cm³/mol. The van der Waals surface area contributed by atoms with Crippen molar-refractivity contribution >= 4 is 15.7 Å². The van der Waals surface area contributed by atoms with E-state index in [0.717, 1.165) is 38.2 Å². The number of hydrogen-bond acceptors (Lipinski definition) is 5. The fourth-order valence-corrected chi connectivity index (χ4v) is 5.35. The largest absolute Gasteiger partial charge is 0.456 e. The van der Waals surface area contributed by atoms with Crippen LogP contribution in [0, 0.1) is 10.1 Å². The lowest BCUT2D eigenvalue weighted by atomic mass is 10.1. The Morgan fingerprint density at radius 1 is 0.963 bits per heavy atom. The Morgan fingerprint density at radius 3 is 2.44 bits per heavy atom. The van der Waals surface area contributed by atoms with Crippen LogP contribution < -0.4 is 4.74 Å². The molecule has 0 aromatic heterocycles. The molecule has 0 N–H and O–H groups in total. The van der Waals surface area contributed by atoms with E-state index in [1.807, 2.05) is 18.2 Å². The summed E-state index contributed by atoms with van der Waals surface area (Å²) < 4.78 is 33.3. The minimum atomic E-state index is -3.85. The van der Waals surface area contributed by atoms with E-state index in [0.29, 0.717) is 18.8 Å². The fourth-order valence-electron chi connectivity index (χ4n) is 3.70. The van der Waals surface area contributed by atoms with Crippen molar-refractivity contribution in [2.45, 2.75) is 37.0 Å². The SMILES string of the molecule is O=[N+]([O-])c1ccc(Oc2ccc3c(c2)CCC3)c(S(=O)(=O)N2CCCC2)c1. The molecule has 2 aliphatic rings. The van der Waals surface area contributed by atoms with E-state index in [2.05, 4.69) is 0 Å². The van der Waals surface area contributed by atoms with Crippen LogP contribution in [-0.4, -0.2) is 30.7 Å². The number of hydrogen-bond donors (Lipinski definition) is 0. The van der Waals surface area contributed by atoms with Crippen molar-refractivity contribution in [2.75, 3.05) is 13.1 Å². The van der Waals surface area contributed by atoms with Crippen LogP contribution in [0.25, 0.3) is 0 Å². The van der Waals surface area contributed by atoms with E-state index in [1.165, 1.54) is 27.6 Å². The Morgan fingerprint density at radius 2 is 1.70 bits per heavy atom. The second-order valence-electron chi connectivity index (χ2n) is 6.89. The summed E-state index contributed by atoms with van der Waals surface area (Å²) in [4.78, 5) is 10.4. The molecule has 142 valence electrons. The second kappa shape index (κ2) is 6.94. The Hall–Kier alpha value is -2.45. The Bertz CT molecular complexity index is 997. The minimum absolute atomic E-state index is 0.116. The van der Waals surface area contributed by atoms with Crippen molar-refractivity contribution in [3.05, 3.63) is 57.6 Å². The molecule has 0 spiro atoms. The molecular formula is C19H20N2O5S. The van der Waals surface area contributed by atoms with Gasteiger partial charge in [0.25, 0.3) is 5.69 Å². The maximum atomic E-state index is 13.0. The Kier molecular flexibility index (Phi) is 4.61. The van der Waals surface area contributed by atoms with Crippen molar-refractivity contribution in [3.8, 4) is 11.5 Å². The fraction of sp³-hybridized carbons (Fsp3) is 0.368. The van der Waals surface area contributed by atoms with Crippen molar-refractivity contribution in [1.29, 1.82) is 0 Å². The molecule has 0 atom stereocenters. The van der Waals surface area contributed by atoms with Gasteiger partial charge in [-0.05, 0) is 61.4 Å². The number of rotatable bonds is 5. The van der Waals surface area contributed by atoms with E-state index in [9.17, 15) is 18.5 Å². The molecule has 27 heavy (non-hydrogen) atoms. The molecule has 0 radical (unpaired) electrons. The monoisotopic (exact) mass is 388 g/mol. The number of benzene rings is 2. The number of nitrogens with zero attached hydrogens (tertiary/aromatic N) is 2. The van der Waals surface area contributed by atoms with Gasteiger partial charge in [-0.15, -0.1) is 0 Å². The molecule has 0 unspecified atom stereocenters. The number of sulfonamides is 1. The zero-order chi connectivity index (χ0) is 19.0. The van der Waals surface area contributed by atoms with Crippen LogP contribution in [0.4, 0.5) is 5.69 Å². The van der Waals surface area contributed by atoms with Crippen molar-refractivity contribution < 1.29 is 18.1 Å². The number of nitro benzene ring substituents is 1. The predicted octanol–water partition coefficient (Wildman–Crippen LogP) is 3.66. The molecule has 1 aliphatic heterocycles. The molecule has 1 fully saturated rings. The molecule has 0 bridgehead atoms. The topological polar surface area (TPSA) is 89.7 Å². The van der Waals surface area contributed by atoms with E-state index >= 15 is 0 Å². The summed E-state index contributed by atoms with van der Waals surface area (Å²) in [5.41, 5.74) is 2.23. The number of aryl methyl sites for hydroxylation is 2. The zero-order valence-electron chi connectivity index (χ0n) is 14.8. The summed E-state index contributed by atoms with van der Waals surface area (Å²) in [7, 11) is -3.85. The normalized spacial score (nSPS) is 17.0. The Balaban J connectivity index is 1.74. The molecule has 2 aromatic carbocycles. The number of non-ortho nitro benzene ring substituents is 1. The summed E-state index contributed by atoms with van der Waals surface area (Å²) >= 11 is 0. The average Bonchev–Trinajstić information content (AvgIpc) is 3.33. The van der Waals surface area contributed by atoms with Crippen molar-refractivity contribution in [1.82, 2.24) is 4.31 Å². The van der Waals surface area contributed by atoms with E-state index in [1.54, 1.807) is 0 Å². The summed E-state index contributed by atoms with van der Waals surface area (Å²) in [6, 6.07) is 9.47. The van der Waals surface area contributed by atoms with Crippen LogP contribution in [0.5, 0.6) is 11.5 Å². The molecule has 2 aromatic rings. The molecule has 4 rings (SSSR count). The lowest BCUT2D eigenvalue weighted by Crippen LogP contribution is -2.28. The lowest BCUT2D eigenvalue weighted by molar-refractivity contribution is -0.385. The van der Waals surface area contributed by atoms with Gasteiger partial charge in [0.1, 0.15) is 16.4 Å². The standard InChI is InChI=1S/C19H20N2O5S/c22-21(23)16-7-9-18(19(13-16)27(24,25)20-10-1-2-11-20)26-17-8-6-14-4-3-5-15(14)12-17/h6-9,12-13H,1-5,10-11H2. The van der Waals surface area contributed by atoms with Gasteiger partial charge in [-0.1, -0.05) is 6.07 Å². The lowest BCUT2D eigenvalue weighted by Gasteiger charge is -2.18. The molecule has 1 saturated heterocycles. The van der Waals surface area contributed by atoms with Gasteiger partial charge in [-0.25, -0.2) is 8.42 Å². The van der Waals surface area contributed by atoms with Gasteiger partial charge < -0.3 is 4.74 Å². The summed E-state index contributed by atoms with van der Waals surface area (Å²) in [5, 5.41) is 11.2. The molecule has 1 aliphatic carbocycles. The first-order chi connectivity index (χ1) is 12.9. The summed E-state index contributed by atoms with van der Waals surface area (Å²) in [5.74, 6) is 0.660. The minimum Gasteiger partial charge on any atom is -0.456 e. The second-order valence-corrected chi connectivity index (χ2v) is 8.79. The van der Waals surface area contributed by atoms with Gasteiger partial charge in [0.05, 0.1) is 4.92 Å². The highest BCUT2D eigenvalue weighted by molar-refractivity contribution is 7.89. The molecule has 8 heteroatoms. The summed E-state index contributed by atoms with van der Waals surface area (Å²) in [6.07, 6.45) is 4.70. The number of fused-ring (bicyclic) bond motifs is 1. The van der Waals surface area contributed by atoms with Crippen LogP contribution in [0.15, 0.2) is 41.3 Å². The van der Waals surface area contributed by atoms with Gasteiger partial charge in [0.15, 0.2) is 0 Å². The maximum absolute atomic E-state index is 13.0. The first-order valence-corrected chi connectivity index (χ1v) is 10.5. The first-order valence-electron chi connectivity index (χ1n) is 9.03. The van der Waals surface area contributed by atoms with Gasteiger partial charge in [0.2, 0.25) is 10.0 Å². The number of ether oxygens (including phenoxy) is 1. The van der Waals surface area contributed by atoms with Gasteiger partial charge >= 0.3 is 0 Å². The zero-order valence-corrected chi connectivity index (χ0v) is 15.6. The van der Waals surface area contributed by atoms with Crippen LogP contribution in [-0.2, 0) is 22.9 Å². The third-order valence-corrected chi connectivity index (χ3v) is 7.04. The van der Waals surface area contributed by atoms with Crippen molar-refractivity contribution in [3.63, 3.8) is 0 Å². The molecule has 1 heterocycles. The first kappa shape index (κ1) is 17.9. The average molecular weight is 388 g/mol. The van der Waals surface area contributed by atoms with Crippen LogP contribution in [0.3, 0.4) is 0 Å². The van der Waals surface area contributed by atoms with Gasteiger partial charge in [-0.3, -0.25) is 10.1 Å². The maximum Gasteiger partial charge on any atom is 0.271 e. The van der Waals surface area contributed by atoms with Gasteiger partial charge in [-0.2, -0.15) is 4.31 Å². The van der Waals surface area contributed by atoms with E-state index in [4.69, 9.17) is 4.74 Å². The Labute approximate surface area is 157 Å². The molecule has 0 saturated carbocycles. The van der Waals surface area contributed by atoms with Crippen LogP contribution >= 0.6 is 0 Å². The molecular weight excluding hydrogens is 368 g/mol. The van der Waals surface area contributed by atoms with Crippen molar-refractivity contribution in [2.24, 2.45) is 0 Å². The smallest absolute Gasteiger partial charge is 0.271 e. The third kappa shape index (κ3) is 3.42. The highest BCUT2D eigenvalue weighted by Gasteiger charge is 2.32. The molecule has 7 nitrogen and oxygen atoms in total. The van der Waals surface area contributed by atoms with Crippen LogP contribution in [0.1, 0.15) is 30.4 Å².